The van der Waals surface area contributed by atoms with Gasteiger partial charge in [-0.05, 0) is 35.7 Å². The van der Waals surface area contributed by atoms with Crippen molar-refractivity contribution >= 4 is 38.9 Å². The van der Waals surface area contributed by atoms with E-state index in [4.69, 9.17) is 4.74 Å². The Hall–Kier alpha value is -3.70. The first-order chi connectivity index (χ1) is 17.3. The van der Waals surface area contributed by atoms with Crippen LogP contribution in [0, 0.1) is 0 Å². The van der Waals surface area contributed by atoms with Crippen LogP contribution in [0.15, 0.2) is 77.0 Å². The minimum absolute atomic E-state index is 0.0696. The van der Waals surface area contributed by atoms with Crippen molar-refractivity contribution in [2.75, 3.05) is 33.3 Å². The van der Waals surface area contributed by atoms with Gasteiger partial charge in [0.15, 0.2) is 0 Å². The zero-order valence-electron chi connectivity index (χ0n) is 19.5. The van der Waals surface area contributed by atoms with E-state index in [0.717, 1.165) is 11.3 Å². The summed E-state index contributed by atoms with van der Waals surface area (Å²) in [6, 6.07) is 17.6. The number of nitrogens with zero attached hydrogens (tertiary/aromatic N) is 2. The lowest BCUT2D eigenvalue weighted by Crippen LogP contribution is -2.57. The van der Waals surface area contributed by atoms with Gasteiger partial charge in [-0.15, -0.1) is 11.3 Å². The van der Waals surface area contributed by atoms with Crippen molar-refractivity contribution in [2.24, 2.45) is 0 Å². The Balaban J connectivity index is 1.53. The highest BCUT2D eigenvalue weighted by molar-refractivity contribution is 7.92. The van der Waals surface area contributed by atoms with Crippen molar-refractivity contribution in [1.29, 1.82) is 0 Å². The van der Waals surface area contributed by atoms with Crippen molar-refractivity contribution in [3.05, 3.63) is 82.6 Å². The van der Waals surface area contributed by atoms with Crippen LogP contribution in [-0.4, -0.2) is 74.6 Å². The number of piperazine rings is 1. The van der Waals surface area contributed by atoms with Gasteiger partial charge in [0.2, 0.25) is 15.2 Å². The van der Waals surface area contributed by atoms with Gasteiger partial charge >= 0.3 is 0 Å². The largest absolute Gasteiger partial charge is 0.496 e. The summed E-state index contributed by atoms with van der Waals surface area (Å²) in [5.74, 6) is -1.17. The second kappa shape index (κ2) is 10.9. The van der Waals surface area contributed by atoms with Crippen LogP contribution in [0.2, 0.25) is 0 Å². The van der Waals surface area contributed by atoms with E-state index in [9.17, 15) is 22.8 Å². The molecule has 1 saturated heterocycles. The molecule has 0 spiro atoms. The predicted octanol–water partition coefficient (Wildman–Crippen LogP) is 2.27. The van der Waals surface area contributed by atoms with Crippen LogP contribution in [0.1, 0.15) is 20.0 Å². The van der Waals surface area contributed by atoms with Crippen molar-refractivity contribution in [3.8, 4) is 5.75 Å². The molecule has 1 aliphatic heterocycles. The molecule has 2 heterocycles. The molecule has 9 nitrogen and oxygen atoms in total. The summed E-state index contributed by atoms with van der Waals surface area (Å²) in [6.45, 7) is 0.657. The summed E-state index contributed by atoms with van der Waals surface area (Å²) >= 11 is 1.14. The third-order valence-corrected chi connectivity index (χ3v) is 8.57. The molecular weight excluding hydrogens is 502 g/mol. The standard InChI is InChI=1S/C25H25N3O6S2/c1-34-20-11-6-5-10-19(20)24(30)27-13-15-28(16-14-27)25(31)23(26-22(29)21-12-7-17-35-21)36(32,33)18-8-3-2-4-9-18/h2-12,17,23H,13-16H2,1H3,(H,26,29)/t23-/m0/s1. The zero-order chi connectivity index (χ0) is 25.7. The van der Waals surface area contributed by atoms with Crippen LogP contribution >= 0.6 is 11.3 Å². The van der Waals surface area contributed by atoms with Crippen LogP contribution in [0.4, 0.5) is 0 Å². The zero-order valence-corrected chi connectivity index (χ0v) is 21.1. The number of ether oxygens (including phenoxy) is 1. The molecule has 11 heteroatoms. The van der Waals surface area contributed by atoms with Crippen LogP contribution < -0.4 is 10.1 Å². The maximum atomic E-state index is 13.5. The third-order valence-electron chi connectivity index (χ3n) is 5.83. The molecule has 0 bridgehead atoms. The topological polar surface area (TPSA) is 113 Å². The van der Waals surface area contributed by atoms with Crippen molar-refractivity contribution in [3.63, 3.8) is 0 Å². The summed E-state index contributed by atoms with van der Waals surface area (Å²) in [7, 11) is -2.75. The number of sulfone groups is 1. The first-order valence-corrected chi connectivity index (χ1v) is 13.6. The number of carbonyl (C=O) groups is 3. The molecule has 4 rings (SSSR count). The fourth-order valence-electron chi connectivity index (χ4n) is 3.90. The molecule has 1 N–H and O–H groups in total. The highest BCUT2D eigenvalue weighted by Crippen LogP contribution is 2.22. The van der Waals surface area contributed by atoms with Crippen LogP contribution in [0.3, 0.4) is 0 Å². The van der Waals surface area contributed by atoms with E-state index in [1.165, 1.54) is 24.1 Å². The fourth-order valence-corrected chi connectivity index (χ4v) is 6.02. The van der Waals surface area contributed by atoms with Gasteiger partial charge in [0.05, 0.1) is 22.4 Å². The third kappa shape index (κ3) is 5.26. The Kier molecular flexibility index (Phi) is 7.70. The van der Waals surface area contributed by atoms with Gasteiger partial charge in [0.1, 0.15) is 5.75 Å². The normalized spacial score (nSPS) is 14.7. The molecule has 0 unspecified atom stereocenters. The second-order valence-electron chi connectivity index (χ2n) is 8.01. The van der Waals surface area contributed by atoms with E-state index in [-0.39, 0.29) is 37.0 Å². The van der Waals surface area contributed by atoms with Crippen molar-refractivity contribution < 1.29 is 27.5 Å². The maximum Gasteiger partial charge on any atom is 0.262 e. The number of carbonyl (C=O) groups excluding carboxylic acids is 3. The van der Waals surface area contributed by atoms with Gasteiger partial charge in [-0.2, -0.15) is 0 Å². The molecule has 188 valence electrons. The van der Waals surface area contributed by atoms with Gasteiger partial charge in [-0.25, -0.2) is 8.42 Å². The lowest BCUT2D eigenvalue weighted by Gasteiger charge is -2.36. The second-order valence-corrected chi connectivity index (χ2v) is 11.0. The summed E-state index contributed by atoms with van der Waals surface area (Å²) < 4.78 is 32.1. The number of rotatable bonds is 7. The van der Waals surface area contributed by atoms with Gasteiger partial charge in [0.25, 0.3) is 17.7 Å². The molecule has 3 aromatic rings. The van der Waals surface area contributed by atoms with Gasteiger partial charge in [-0.1, -0.05) is 36.4 Å². The Bertz CT molecular complexity index is 1340. The first kappa shape index (κ1) is 25.4. The predicted molar refractivity (Wildman–Crippen MR) is 135 cm³/mol. The van der Waals surface area contributed by atoms with Crippen molar-refractivity contribution in [1.82, 2.24) is 15.1 Å². The highest BCUT2D eigenvalue weighted by atomic mass is 32.2. The Morgan fingerprint density at radius 2 is 1.53 bits per heavy atom. The number of thiophene rings is 1. The highest BCUT2D eigenvalue weighted by Gasteiger charge is 2.39. The lowest BCUT2D eigenvalue weighted by molar-refractivity contribution is -0.132. The number of hydrogen-bond acceptors (Lipinski definition) is 7. The van der Waals surface area contributed by atoms with E-state index < -0.39 is 27.0 Å². The number of hydrogen-bond donors (Lipinski definition) is 1. The molecule has 36 heavy (non-hydrogen) atoms. The monoisotopic (exact) mass is 527 g/mol. The van der Waals surface area contributed by atoms with E-state index in [1.54, 1.807) is 64.9 Å². The van der Waals surface area contributed by atoms with Crippen LogP contribution in [0.25, 0.3) is 0 Å². The van der Waals surface area contributed by atoms with Crippen LogP contribution in [-0.2, 0) is 14.6 Å². The van der Waals surface area contributed by atoms with Crippen molar-refractivity contribution in [2.45, 2.75) is 10.3 Å². The number of benzene rings is 2. The maximum absolute atomic E-state index is 13.5. The summed E-state index contributed by atoms with van der Waals surface area (Å²) in [6.07, 6.45) is 0. The molecule has 0 aliphatic carbocycles. The quantitative estimate of drug-likeness (QED) is 0.504. The Morgan fingerprint density at radius 1 is 0.889 bits per heavy atom. The summed E-state index contributed by atoms with van der Waals surface area (Å²) in [5.41, 5.74) is 0.410. The van der Waals surface area contributed by atoms with Crippen LogP contribution in [0.5, 0.6) is 5.75 Å². The number of para-hydroxylation sites is 1. The molecule has 1 aromatic heterocycles. The van der Waals surface area contributed by atoms with E-state index in [1.807, 2.05) is 0 Å². The number of methoxy groups -OCH3 is 1. The molecule has 2 aromatic carbocycles. The summed E-state index contributed by atoms with van der Waals surface area (Å²) in [4.78, 5) is 42.4. The molecule has 1 aliphatic rings. The molecular formula is C25H25N3O6S2. The minimum Gasteiger partial charge on any atom is -0.496 e. The lowest BCUT2D eigenvalue weighted by atomic mass is 10.1. The molecule has 1 atom stereocenters. The first-order valence-electron chi connectivity index (χ1n) is 11.2. The fraction of sp³-hybridized carbons (Fsp3) is 0.240. The molecule has 1 fully saturated rings. The van der Waals surface area contributed by atoms with Gasteiger partial charge in [-0.3, -0.25) is 14.4 Å². The minimum atomic E-state index is -4.23. The van der Waals surface area contributed by atoms with Gasteiger partial charge in [0, 0.05) is 26.2 Å². The summed E-state index contributed by atoms with van der Waals surface area (Å²) in [5, 5.41) is 2.32. The molecule has 3 amide bonds. The Morgan fingerprint density at radius 3 is 2.17 bits per heavy atom. The van der Waals surface area contributed by atoms with E-state index in [2.05, 4.69) is 5.32 Å². The SMILES string of the molecule is COc1ccccc1C(=O)N1CCN(C(=O)[C@@H](NC(=O)c2cccs2)S(=O)(=O)c2ccccc2)CC1. The van der Waals surface area contributed by atoms with E-state index in [0.29, 0.717) is 16.2 Å². The average molecular weight is 528 g/mol. The number of amides is 3. The van der Waals surface area contributed by atoms with Gasteiger partial charge < -0.3 is 19.9 Å². The molecule has 0 radical (unpaired) electrons. The Labute approximate surface area is 213 Å². The smallest absolute Gasteiger partial charge is 0.262 e. The number of nitrogens with one attached hydrogen (secondary N) is 1. The molecule has 0 saturated carbocycles. The van der Waals surface area contributed by atoms with E-state index >= 15 is 0 Å². The average Bonchev–Trinajstić information content (AvgIpc) is 3.47.